The molecule has 0 spiro atoms. The van der Waals surface area contributed by atoms with Crippen LogP contribution in [0.25, 0.3) is 0 Å². The molecule has 2 aliphatic carbocycles. The summed E-state index contributed by atoms with van der Waals surface area (Å²) >= 11 is 0. The standard InChI is InChI=1S/C20H28N2O4/c1-5-26-20(25)17-11(2)16(12(3)21-17)18(23)13(4)22(10-14-6-7-14)19(24)15-8-9-15/h13-15,21H,5-10H2,1-4H3/t13-/m1/s1. The average Bonchev–Trinajstić information content (AvgIpc) is 3.50. The third-order valence-electron chi connectivity index (χ3n) is 5.37. The number of carbonyl (C=O) groups is 3. The highest BCUT2D eigenvalue weighted by atomic mass is 16.5. The molecule has 0 aliphatic heterocycles. The van der Waals surface area contributed by atoms with E-state index in [-0.39, 0.29) is 24.2 Å². The molecule has 1 amide bonds. The SMILES string of the molecule is CCOC(=O)c1[nH]c(C)c(C(=O)[C@@H](C)N(CC2CC2)C(=O)C2CC2)c1C. The van der Waals surface area contributed by atoms with Crippen molar-refractivity contribution in [2.45, 2.75) is 59.4 Å². The lowest BCUT2D eigenvalue weighted by Gasteiger charge is -2.29. The number of nitrogens with zero attached hydrogens (tertiary/aromatic N) is 1. The zero-order valence-corrected chi connectivity index (χ0v) is 16.1. The molecule has 0 bridgehead atoms. The molecule has 2 fully saturated rings. The van der Waals surface area contributed by atoms with E-state index in [0.717, 1.165) is 25.7 Å². The normalized spacial score (nSPS) is 17.7. The lowest BCUT2D eigenvalue weighted by molar-refractivity contribution is -0.134. The Morgan fingerprint density at radius 1 is 1.19 bits per heavy atom. The van der Waals surface area contributed by atoms with E-state index in [9.17, 15) is 14.4 Å². The molecule has 6 heteroatoms. The quantitative estimate of drug-likeness (QED) is 0.571. The van der Waals surface area contributed by atoms with Gasteiger partial charge in [-0.2, -0.15) is 0 Å². The lowest BCUT2D eigenvalue weighted by Crippen LogP contribution is -2.45. The Hall–Kier alpha value is -2.11. The molecule has 26 heavy (non-hydrogen) atoms. The molecule has 1 atom stereocenters. The first-order chi connectivity index (χ1) is 12.3. The van der Waals surface area contributed by atoms with Gasteiger partial charge in [-0.1, -0.05) is 0 Å². The number of rotatable bonds is 8. The fourth-order valence-corrected chi connectivity index (χ4v) is 3.46. The minimum atomic E-state index is -0.521. The summed E-state index contributed by atoms with van der Waals surface area (Å²) in [5.41, 5.74) is 2.07. The number of ether oxygens (including phenoxy) is 1. The number of amides is 1. The van der Waals surface area contributed by atoms with E-state index in [2.05, 4.69) is 4.98 Å². The van der Waals surface area contributed by atoms with Gasteiger partial charge in [0.15, 0.2) is 5.78 Å². The Morgan fingerprint density at radius 2 is 1.85 bits per heavy atom. The van der Waals surface area contributed by atoms with E-state index >= 15 is 0 Å². The Bertz CT molecular complexity index is 728. The fraction of sp³-hybridized carbons (Fsp3) is 0.650. The van der Waals surface area contributed by atoms with E-state index in [1.807, 2.05) is 0 Å². The Labute approximate surface area is 154 Å². The first-order valence-electron chi connectivity index (χ1n) is 9.56. The van der Waals surface area contributed by atoms with Crippen molar-refractivity contribution in [2.24, 2.45) is 11.8 Å². The maximum absolute atomic E-state index is 13.2. The summed E-state index contributed by atoms with van der Waals surface area (Å²) in [5.74, 6) is 0.156. The van der Waals surface area contributed by atoms with E-state index in [1.54, 1.807) is 32.6 Å². The molecule has 0 radical (unpaired) electrons. The van der Waals surface area contributed by atoms with Crippen molar-refractivity contribution in [2.75, 3.05) is 13.2 Å². The maximum atomic E-state index is 13.2. The second kappa shape index (κ2) is 7.25. The zero-order chi connectivity index (χ0) is 19.0. The molecular formula is C20H28N2O4. The highest BCUT2D eigenvalue weighted by Crippen LogP contribution is 2.36. The lowest BCUT2D eigenvalue weighted by atomic mass is 9.99. The molecule has 142 valence electrons. The summed E-state index contributed by atoms with van der Waals surface area (Å²) in [5, 5.41) is 0. The maximum Gasteiger partial charge on any atom is 0.355 e. The van der Waals surface area contributed by atoms with Gasteiger partial charge in [0.05, 0.1) is 12.6 Å². The van der Waals surface area contributed by atoms with Crippen LogP contribution in [-0.2, 0) is 9.53 Å². The number of aromatic nitrogens is 1. The van der Waals surface area contributed by atoms with Crippen LogP contribution in [0.15, 0.2) is 0 Å². The highest BCUT2D eigenvalue weighted by molar-refractivity contribution is 6.06. The van der Waals surface area contributed by atoms with Crippen LogP contribution < -0.4 is 0 Å². The van der Waals surface area contributed by atoms with E-state index in [1.165, 1.54) is 0 Å². The molecule has 0 unspecified atom stereocenters. The van der Waals surface area contributed by atoms with E-state index in [0.29, 0.717) is 35.0 Å². The van der Waals surface area contributed by atoms with Crippen molar-refractivity contribution in [3.8, 4) is 0 Å². The first kappa shape index (κ1) is 18.7. The number of esters is 1. The van der Waals surface area contributed by atoms with Crippen molar-refractivity contribution in [3.63, 3.8) is 0 Å². The number of ketones is 1. The summed E-state index contributed by atoms with van der Waals surface area (Å²) in [6, 6.07) is -0.521. The van der Waals surface area contributed by atoms with Gasteiger partial charge in [-0.3, -0.25) is 9.59 Å². The molecule has 3 rings (SSSR count). The Kier molecular flexibility index (Phi) is 5.21. The van der Waals surface area contributed by atoms with Crippen LogP contribution in [0.2, 0.25) is 0 Å². The second-order valence-electron chi connectivity index (χ2n) is 7.59. The predicted molar refractivity (Wildman–Crippen MR) is 97.2 cm³/mol. The Balaban J connectivity index is 1.84. The van der Waals surface area contributed by atoms with E-state index in [4.69, 9.17) is 4.74 Å². The topological polar surface area (TPSA) is 79.5 Å². The van der Waals surface area contributed by atoms with Gasteiger partial charge in [0.25, 0.3) is 0 Å². The zero-order valence-electron chi connectivity index (χ0n) is 16.1. The number of hydrogen-bond donors (Lipinski definition) is 1. The molecule has 2 saturated carbocycles. The highest BCUT2D eigenvalue weighted by Gasteiger charge is 2.40. The summed E-state index contributed by atoms with van der Waals surface area (Å²) in [4.78, 5) is 42.8. The number of carbonyl (C=O) groups excluding carboxylic acids is 3. The van der Waals surface area contributed by atoms with Crippen molar-refractivity contribution in [1.82, 2.24) is 9.88 Å². The smallest absolute Gasteiger partial charge is 0.355 e. The van der Waals surface area contributed by atoms with Gasteiger partial charge in [0.1, 0.15) is 5.69 Å². The molecule has 1 heterocycles. The van der Waals surface area contributed by atoms with Crippen molar-refractivity contribution in [1.29, 1.82) is 0 Å². The number of aromatic amines is 1. The number of H-pyrrole nitrogens is 1. The molecule has 1 N–H and O–H groups in total. The molecule has 1 aromatic rings. The van der Waals surface area contributed by atoms with Crippen LogP contribution in [0, 0.1) is 25.7 Å². The average molecular weight is 360 g/mol. The van der Waals surface area contributed by atoms with Crippen LogP contribution in [-0.4, -0.2) is 46.7 Å². The van der Waals surface area contributed by atoms with Crippen LogP contribution in [0.1, 0.15) is 71.6 Å². The van der Waals surface area contributed by atoms with Gasteiger partial charge in [-0.15, -0.1) is 0 Å². The van der Waals surface area contributed by atoms with Crippen molar-refractivity contribution < 1.29 is 19.1 Å². The minimum absolute atomic E-state index is 0.0903. The summed E-state index contributed by atoms with van der Waals surface area (Å²) in [6.07, 6.45) is 4.11. The van der Waals surface area contributed by atoms with Crippen molar-refractivity contribution in [3.05, 3.63) is 22.5 Å². The van der Waals surface area contributed by atoms with Gasteiger partial charge < -0.3 is 14.6 Å². The number of hydrogen-bond acceptors (Lipinski definition) is 4. The van der Waals surface area contributed by atoms with Gasteiger partial charge in [-0.05, 0) is 64.9 Å². The van der Waals surface area contributed by atoms with Gasteiger partial charge in [0.2, 0.25) is 5.91 Å². The molecule has 1 aromatic heterocycles. The number of Topliss-reactive ketones (excluding diaryl/α,β-unsaturated/α-hetero) is 1. The van der Waals surface area contributed by atoms with Crippen LogP contribution in [0.3, 0.4) is 0 Å². The third-order valence-corrected chi connectivity index (χ3v) is 5.37. The molecule has 6 nitrogen and oxygen atoms in total. The van der Waals surface area contributed by atoms with Crippen LogP contribution >= 0.6 is 0 Å². The van der Waals surface area contributed by atoms with Gasteiger partial charge in [-0.25, -0.2) is 4.79 Å². The van der Waals surface area contributed by atoms with E-state index < -0.39 is 12.0 Å². The van der Waals surface area contributed by atoms with Crippen molar-refractivity contribution >= 4 is 17.7 Å². The Morgan fingerprint density at radius 3 is 2.38 bits per heavy atom. The summed E-state index contributed by atoms with van der Waals surface area (Å²) < 4.78 is 5.06. The fourth-order valence-electron chi connectivity index (χ4n) is 3.46. The summed E-state index contributed by atoms with van der Waals surface area (Å²) in [7, 11) is 0. The number of nitrogens with one attached hydrogen (secondary N) is 1. The predicted octanol–water partition coefficient (Wildman–Crippen LogP) is 3.03. The summed E-state index contributed by atoms with van der Waals surface area (Å²) in [6.45, 7) is 8.03. The van der Waals surface area contributed by atoms with Gasteiger partial charge >= 0.3 is 5.97 Å². The molecule has 0 saturated heterocycles. The molecular weight excluding hydrogens is 332 g/mol. The van der Waals surface area contributed by atoms with Crippen LogP contribution in [0.5, 0.6) is 0 Å². The second-order valence-corrected chi connectivity index (χ2v) is 7.59. The largest absolute Gasteiger partial charge is 0.461 e. The van der Waals surface area contributed by atoms with Gasteiger partial charge in [0, 0.05) is 23.7 Å². The van der Waals surface area contributed by atoms with Crippen LogP contribution in [0.4, 0.5) is 0 Å². The third kappa shape index (κ3) is 3.69. The molecule has 2 aliphatic rings. The first-order valence-corrected chi connectivity index (χ1v) is 9.56. The minimum Gasteiger partial charge on any atom is -0.461 e. The molecule has 0 aromatic carbocycles. The number of aryl methyl sites for hydroxylation is 1. The monoisotopic (exact) mass is 360 g/mol.